The number of halogens is 2. The quantitative estimate of drug-likeness (QED) is 0.516. The number of carbonyl (C=O) groups excluding carboxylic acids is 2. The van der Waals surface area contributed by atoms with Crippen molar-refractivity contribution < 1.29 is 24.2 Å². The van der Waals surface area contributed by atoms with Crippen molar-refractivity contribution in [2.75, 3.05) is 0 Å². The fourth-order valence-corrected chi connectivity index (χ4v) is 4.14. The summed E-state index contributed by atoms with van der Waals surface area (Å²) in [6.07, 6.45) is -1.30. The van der Waals surface area contributed by atoms with Crippen LogP contribution in [0.2, 0.25) is 10.0 Å². The van der Waals surface area contributed by atoms with Crippen molar-refractivity contribution in [2.45, 2.75) is 72.1 Å². The molecule has 180 valence electrons. The van der Waals surface area contributed by atoms with Crippen molar-refractivity contribution in [3.8, 4) is 11.3 Å². The lowest BCUT2D eigenvalue weighted by molar-refractivity contribution is 0.129. The maximum Gasteiger partial charge on any atom is 0.407 e. The van der Waals surface area contributed by atoms with Crippen LogP contribution in [-0.2, 0) is 35.7 Å². The highest BCUT2D eigenvalue weighted by atomic mass is 35.5. The minimum Gasteiger partial charge on any atom is -0.445 e. The Bertz CT molecular complexity index is 1040. The third-order valence-corrected chi connectivity index (χ3v) is 5.86. The monoisotopic (exact) mass is 497 g/mol. The predicted molar refractivity (Wildman–Crippen MR) is 127 cm³/mol. The summed E-state index contributed by atoms with van der Waals surface area (Å²) in [6, 6.07) is 5.07. The standard InChI is InChI=1S/C23H29Cl2N3O5/c1-12(2)26-22(30)32-10-16-17(11-33-23(31)27-13(3)4)21(28-9-15(29)8-20(16)28)14-5-6-18(24)19(25)7-14/h5-7,12-13,15,29H,8-11H2,1-4H3,(H,26,30)(H,27,31)/t15-/m1/s1. The molecular weight excluding hydrogens is 469 g/mol. The number of aliphatic hydroxyl groups is 1. The predicted octanol–water partition coefficient (Wildman–Crippen LogP) is 4.65. The molecule has 0 saturated carbocycles. The van der Waals surface area contributed by atoms with Gasteiger partial charge in [-0.2, -0.15) is 0 Å². The summed E-state index contributed by atoms with van der Waals surface area (Å²) in [6.45, 7) is 7.62. The smallest absolute Gasteiger partial charge is 0.407 e. The van der Waals surface area contributed by atoms with E-state index < -0.39 is 18.3 Å². The molecule has 0 fully saturated rings. The number of rotatable bonds is 7. The molecule has 1 aliphatic rings. The van der Waals surface area contributed by atoms with Crippen LogP contribution in [-0.4, -0.2) is 40.0 Å². The number of nitrogens with one attached hydrogen (secondary N) is 2. The summed E-state index contributed by atoms with van der Waals surface area (Å²) >= 11 is 12.4. The van der Waals surface area contributed by atoms with Crippen molar-refractivity contribution in [3.63, 3.8) is 0 Å². The van der Waals surface area contributed by atoms with Gasteiger partial charge in [0.1, 0.15) is 13.2 Å². The molecule has 8 nitrogen and oxygen atoms in total. The number of alkyl carbamates (subject to hydrolysis) is 2. The molecule has 2 amide bonds. The van der Waals surface area contributed by atoms with Gasteiger partial charge in [-0.3, -0.25) is 0 Å². The normalized spacial score (nSPS) is 15.0. The molecule has 2 heterocycles. The van der Waals surface area contributed by atoms with Crippen molar-refractivity contribution in [1.29, 1.82) is 0 Å². The Hall–Kier alpha value is -2.42. The molecule has 2 aromatic rings. The zero-order valence-electron chi connectivity index (χ0n) is 19.1. The third-order valence-electron chi connectivity index (χ3n) is 5.12. The number of ether oxygens (including phenoxy) is 2. The zero-order valence-corrected chi connectivity index (χ0v) is 20.6. The molecule has 0 aliphatic carbocycles. The summed E-state index contributed by atoms with van der Waals surface area (Å²) in [5.74, 6) is 0. The van der Waals surface area contributed by atoms with Crippen LogP contribution in [0, 0.1) is 0 Å². The number of hydrogen-bond donors (Lipinski definition) is 3. The van der Waals surface area contributed by atoms with Gasteiger partial charge in [-0.1, -0.05) is 29.3 Å². The minimum atomic E-state index is -0.580. The van der Waals surface area contributed by atoms with Crippen LogP contribution >= 0.6 is 23.2 Å². The van der Waals surface area contributed by atoms with E-state index in [1.165, 1.54) is 0 Å². The Labute approximate surface area is 203 Å². The van der Waals surface area contributed by atoms with Crippen molar-refractivity contribution in [1.82, 2.24) is 15.2 Å². The first-order valence-corrected chi connectivity index (χ1v) is 11.6. The van der Waals surface area contributed by atoms with Gasteiger partial charge in [-0.05, 0) is 39.8 Å². The minimum absolute atomic E-state index is 0.0353. The molecule has 1 atom stereocenters. The molecule has 0 spiro atoms. The number of hydrogen-bond acceptors (Lipinski definition) is 5. The number of fused-ring (bicyclic) bond motifs is 1. The first-order chi connectivity index (χ1) is 15.6. The van der Waals surface area contributed by atoms with Crippen LogP contribution < -0.4 is 10.6 Å². The molecule has 0 bridgehead atoms. The molecule has 0 saturated heterocycles. The van der Waals surface area contributed by atoms with Crippen molar-refractivity contribution in [2.24, 2.45) is 0 Å². The highest BCUT2D eigenvalue weighted by molar-refractivity contribution is 6.42. The van der Waals surface area contributed by atoms with Crippen LogP contribution in [0.3, 0.4) is 0 Å². The summed E-state index contributed by atoms with van der Waals surface area (Å²) in [4.78, 5) is 24.3. The molecule has 1 aromatic carbocycles. The fraction of sp³-hybridized carbons (Fsp3) is 0.478. The van der Waals surface area contributed by atoms with E-state index in [0.717, 1.165) is 17.0 Å². The second-order valence-corrected chi connectivity index (χ2v) is 9.41. The number of aromatic nitrogens is 1. The van der Waals surface area contributed by atoms with E-state index in [0.29, 0.717) is 34.1 Å². The lowest BCUT2D eigenvalue weighted by Gasteiger charge is -2.15. The van der Waals surface area contributed by atoms with Crippen molar-refractivity contribution in [3.05, 3.63) is 45.1 Å². The summed E-state index contributed by atoms with van der Waals surface area (Å²) in [7, 11) is 0. The van der Waals surface area contributed by atoms with Gasteiger partial charge in [-0.15, -0.1) is 0 Å². The molecule has 1 aliphatic heterocycles. The van der Waals surface area contributed by atoms with Crippen molar-refractivity contribution >= 4 is 35.4 Å². The van der Waals surface area contributed by atoms with E-state index in [2.05, 4.69) is 10.6 Å². The van der Waals surface area contributed by atoms with Gasteiger partial charge in [0, 0.05) is 47.4 Å². The molecule has 1 aromatic heterocycles. The first-order valence-electron chi connectivity index (χ1n) is 10.8. The molecule has 3 N–H and O–H groups in total. The molecule has 33 heavy (non-hydrogen) atoms. The number of amides is 2. The number of carbonyl (C=O) groups is 2. The van der Waals surface area contributed by atoms with Gasteiger partial charge in [0.2, 0.25) is 0 Å². The van der Waals surface area contributed by atoms with Crippen LogP contribution in [0.15, 0.2) is 18.2 Å². The van der Waals surface area contributed by atoms with Gasteiger partial charge in [0.15, 0.2) is 0 Å². The van der Waals surface area contributed by atoms with E-state index in [1.54, 1.807) is 12.1 Å². The van der Waals surface area contributed by atoms with Crippen LogP contribution in [0.5, 0.6) is 0 Å². The largest absolute Gasteiger partial charge is 0.445 e. The van der Waals surface area contributed by atoms with Crippen LogP contribution in [0.25, 0.3) is 11.3 Å². The Kier molecular flexibility index (Phi) is 8.15. The average molecular weight is 498 g/mol. The van der Waals surface area contributed by atoms with E-state index in [9.17, 15) is 14.7 Å². The summed E-state index contributed by atoms with van der Waals surface area (Å²) in [5.41, 5.74) is 3.69. The van der Waals surface area contributed by atoms with E-state index in [1.807, 2.05) is 38.3 Å². The molecule has 0 unspecified atom stereocenters. The molecule has 10 heteroatoms. The van der Waals surface area contributed by atoms with E-state index in [-0.39, 0.29) is 25.3 Å². The zero-order chi connectivity index (χ0) is 24.3. The first kappa shape index (κ1) is 25.2. The Morgan fingerprint density at radius 1 is 1.03 bits per heavy atom. The molecule has 3 rings (SSSR count). The Balaban J connectivity index is 2.03. The fourth-order valence-electron chi connectivity index (χ4n) is 3.84. The maximum atomic E-state index is 12.2. The maximum absolute atomic E-state index is 12.2. The third kappa shape index (κ3) is 6.13. The van der Waals surface area contributed by atoms with Gasteiger partial charge >= 0.3 is 12.2 Å². The summed E-state index contributed by atoms with van der Waals surface area (Å²) < 4.78 is 12.9. The average Bonchev–Trinajstić information content (AvgIpc) is 3.20. The van der Waals surface area contributed by atoms with E-state index in [4.69, 9.17) is 32.7 Å². The van der Waals surface area contributed by atoms with Crippen LogP contribution in [0.4, 0.5) is 9.59 Å². The topological polar surface area (TPSA) is 102 Å². The second kappa shape index (κ2) is 10.7. The molecule has 0 radical (unpaired) electrons. The lowest BCUT2D eigenvalue weighted by Crippen LogP contribution is -2.31. The second-order valence-electron chi connectivity index (χ2n) is 8.60. The van der Waals surface area contributed by atoms with Crippen LogP contribution in [0.1, 0.15) is 44.5 Å². The van der Waals surface area contributed by atoms with Gasteiger partial charge in [-0.25, -0.2) is 9.59 Å². The van der Waals surface area contributed by atoms with Gasteiger partial charge in [0.25, 0.3) is 0 Å². The Morgan fingerprint density at radius 3 is 2.15 bits per heavy atom. The summed E-state index contributed by atoms with van der Waals surface area (Å²) in [5, 5.41) is 16.5. The Morgan fingerprint density at radius 2 is 1.61 bits per heavy atom. The van der Waals surface area contributed by atoms with Gasteiger partial charge in [0.05, 0.1) is 21.8 Å². The SMILES string of the molecule is CC(C)NC(=O)OCc1c(COC(=O)NC(C)C)c(-c2ccc(Cl)c(Cl)c2)n2c1C[C@@H](O)C2. The van der Waals surface area contributed by atoms with E-state index >= 15 is 0 Å². The number of aliphatic hydroxyl groups excluding tert-OH is 1. The highest BCUT2D eigenvalue weighted by Gasteiger charge is 2.32. The number of nitrogens with zero attached hydrogens (tertiary/aromatic N) is 1. The molecular formula is C23H29Cl2N3O5. The number of benzene rings is 1. The highest BCUT2D eigenvalue weighted by Crippen LogP contribution is 2.39. The lowest BCUT2D eigenvalue weighted by atomic mass is 10.0. The van der Waals surface area contributed by atoms with Gasteiger partial charge < -0.3 is 29.8 Å².